The first-order chi connectivity index (χ1) is 13.1. The quantitative estimate of drug-likeness (QED) is 0.455. The molecule has 1 aromatic carbocycles. The number of carbonyl (C=O) groups is 1. The number of thioether (sulfide) groups is 1. The van der Waals surface area contributed by atoms with Crippen molar-refractivity contribution in [3.63, 3.8) is 0 Å². The van der Waals surface area contributed by atoms with E-state index in [2.05, 4.69) is 27.4 Å². The minimum Gasteiger partial charge on any atom is -0.357 e. The molecule has 2 aromatic rings. The number of aryl methyl sites for hydroxylation is 1. The number of nitrogens with zero attached hydrogens (tertiary/aromatic N) is 3. The SMILES string of the molecule is C=CCNc1nnc(SC(C)C(=O)Nc2cc(S(=O)(=O)N(C)C)ccc2C)s1. The zero-order valence-corrected chi connectivity index (χ0v) is 18.5. The van der Waals surface area contributed by atoms with Crippen molar-refractivity contribution < 1.29 is 13.2 Å². The molecule has 0 saturated heterocycles. The summed E-state index contributed by atoms with van der Waals surface area (Å²) in [5, 5.41) is 14.1. The van der Waals surface area contributed by atoms with Crippen LogP contribution >= 0.6 is 23.1 Å². The Labute approximate surface area is 173 Å². The second kappa shape index (κ2) is 9.50. The highest BCUT2D eigenvalue weighted by Gasteiger charge is 2.21. The molecule has 2 rings (SSSR count). The summed E-state index contributed by atoms with van der Waals surface area (Å²) in [4.78, 5) is 12.7. The van der Waals surface area contributed by atoms with E-state index in [1.165, 1.54) is 49.3 Å². The van der Waals surface area contributed by atoms with E-state index in [1.807, 2.05) is 6.92 Å². The van der Waals surface area contributed by atoms with Crippen molar-refractivity contribution in [1.29, 1.82) is 0 Å². The summed E-state index contributed by atoms with van der Waals surface area (Å²) in [6, 6.07) is 4.67. The van der Waals surface area contributed by atoms with Gasteiger partial charge in [0.1, 0.15) is 0 Å². The lowest BCUT2D eigenvalue weighted by atomic mass is 10.2. The summed E-state index contributed by atoms with van der Waals surface area (Å²) in [5.41, 5.74) is 1.24. The maximum atomic E-state index is 12.6. The molecule has 152 valence electrons. The third kappa shape index (κ3) is 5.53. The van der Waals surface area contributed by atoms with Crippen LogP contribution in [0.3, 0.4) is 0 Å². The van der Waals surface area contributed by atoms with E-state index in [4.69, 9.17) is 0 Å². The van der Waals surface area contributed by atoms with Crippen molar-refractivity contribution in [2.45, 2.75) is 28.3 Å². The van der Waals surface area contributed by atoms with E-state index in [9.17, 15) is 13.2 Å². The second-order valence-corrected chi connectivity index (χ2v) is 10.8. The number of anilines is 2. The Bertz CT molecular complexity index is 957. The molecular formula is C17H23N5O3S3. The van der Waals surface area contributed by atoms with E-state index >= 15 is 0 Å². The van der Waals surface area contributed by atoms with Gasteiger partial charge in [-0.2, -0.15) is 0 Å². The van der Waals surface area contributed by atoms with Crippen molar-refractivity contribution in [2.24, 2.45) is 0 Å². The van der Waals surface area contributed by atoms with Gasteiger partial charge < -0.3 is 10.6 Å². The molecule has 0 aliphatic heterocycles. The van der Waals surface area contributed by atoms with Gasteiger partial charge in [0.15, 0.2) is 4.34 Å². The molecule has 0 aliphatic rings. The summed E-state index contributed by atoms with van der Waals surface area (Å²) in [6.45, 7) is 7.78. The number of benzene rings is 1. The van der Waals surface area contributed by atoms with Crippen molar-refractivity contribution in [3.05, 3.63) is 36.4 Å². The van der Waals surface area contributed by atoms with Gasteiger partial charge in [-0.25, -0.2) is 12.7 Å². The number of sulfonamides is 1. The van der Waals surface area contributed by atoms with Gasteiger partial charge in [-0.15, -0.1) is 16.8 Å². The zero-order valence-electron chi connectivity index (χ0n) is 16.1. The van der Waals surface area contributed by atoms with E-state index in [0.29, 0.717) is 21.7 Å². The molecule has 1 aromatic heterocycles. The fourth-order valence-electron chi connectivity index (χ4n) is 2.03. The fraction of sp³-hybridized carbons (Fsp3) is 0.353. The first-order valence-electron chi connectivity index (χ1n) is 8.34. The summed E-state index contributed by atoms with van der Waals surface area (Å²) in [5.74, 6) is -0.247. The number of hydrogen-bond acceptors (Lipinski definition) is 8. The van der Waals surface area contributed by atoms with Gasteiger partial charge in [0.05, 0.1) is 10.1 Å². The molecule has 0 fully saturated rings. The minimum atomic E-state index is -3.58. The van der Waals surface area contributed by atoms with Crippen LogP contribution in [-0.4, -0.2) is 54.7 Å². The van der Waals surface area contributed by atoms with Crippen LogP contribution in [0, 0.1) is 6.92 Å². The largest absolute Gasteiger partial charge is 0.357 e. The van der Waals surface area contributed by atoms with Gasteiger partial charge >= 0.3 is 0 Å². The minimum absolute atomic E-state index is 0.126. The van der Waals surface area contributed by atoms with Crippen LogP contribution in [-0.2, 0) is 14.8 Å². The average Bonchev–Trinajstić information content (AvgIpc) is 3.08. The van der Waals surface area contributed by atoms with Crippen LogP contribution in [0.4, 0.5) is 10.8 Å². The molecule has 8 nitrogen and oxygen atoms in total. The first-order valence-corrected chi connectivity index (χ1v) is 11.5. The van der Waals surface area contributed by atoms with Crippen LogP contribution < -0.4 is 10.6 Å². The molecule has 1 atom stereocenters. The van der Waals surface area contributed by atoms with Crippen molar-refractivity contribution in [1.82, 2.24) is 14.5 Å². The molecule has 0 bridgehead atoms. The van der Waals surface area contributed by atoms with Gasteiger partial charge in [0, 0.05) is 26.3 Å². The molecule has 2 N–H and O–H groups in total. The Morgan fingerprint density at radius 1 is 1.39 bits per heavy atom. The average molecular weight is 442 g/mol. The maximum Gasteiger partial charge on any atom is 0.242 e. The Balaban J connectivity index is 2.09. The normalized spacial score (nSPS) is 12.6. The highest BCUT2D eigenvalue weighted by molar-refractivity contribution is 8.02. The lowest BCUT2D eigenvalue weighted by molar-refractivity contribution is -0.115. The molecule has 0 saturated carbocycles. The van der Waals surface area contributed by atoms with Gasteiger partial charge in [-0.05, 0) is 31.5 Å². The predicted octanol–water partition coefficient (Wildman–Crippen LogP) is 2.81. The van der Waals surface area contributed by atoms with Crippen molar-refractivity contribution >= 4 is 49.8 Å². The summed E-state index contributed by atoms with van der Waals surface area (Å²) >= 11 is 2.64. The molecule has 28 heavy (non-hydrogen) atoms. The number of amides is 1. The van der Waals surface area contributed by atoms with Crippen molar-refractivity contribution in [2.75, 3.05) is 31.3 Å². The van der Waals surface area contributed by atoms with Gasteiger partial charge in [-0.1, -0.05) is 35.2 Å². The highest BCUT2D eigenvalue weighted by Crippen LogP contribution is 2.30. The lowest BCUT2D eigenvalue weighted by Gasteiger charge is -2.15. The van der Waals surface area contributed by atoms with E-state index in [1.54, 1.807) is 19.1 Å². The highest BCUT2D eigenvalue weighted by atomic mass is 32.2. The second-order valence-electron chi connectivity index (χ2n) is 6.06. The molecule has 1 heterocycles. The Morgan fingerprint density at radius 3 is 2.75 bits per heavy atom. The molecule has 0 aliphatic carbocycles. The summed E-state index contributed by atoms with van der Waals surface area (Å²) < 4.78 is 26.4. The van der Waals surface area contributed by atoms with Crippen LogP contribution in [0.5, 0.6) is 0 Å². The fourth-order valence-corrected chi connectivity index (χ4v) is 4.87. The Hall–Kier alpha value is -1.95. The molecular weight excluding hydrogens is 418 g/mol. The number of nitrogens with one attached hydrogen (secondary N) is 2. The van der Waals surface area contributed by atoms with E-state index in [0.717, 1.165) is 9.87 Å². The predicted molar refractivity (Wildman–Crippen MR) is 115 cm³/mol. The smallest absolute Gasteiger partial charge is 0.242 e. The molecule has 1 amide bonds. The zero-order chi connectivity index (χ0) is 20.9. The van der Waals surface area contributed by atoms with E-state index in [-0.39, 0.29) is 10.8 Å². The lowest BCUT2D eigenvalue weighted by Crippen LogP contribution is -2.24. The number of rotatable bonds is 9. The van der Waals surface area contributed by atoms with Gasteiger partial charge in [-0.3, -0.25) is 4.79 Å². The number of aromatic nitrogens is 2. The van der Waals surface area contributed by atoms with Gasteiger partial charge in [0.2, 0.25) is 21.1 Å². The topological polar surface area (TPSA) is 104 Å². The van der Waals surface area contributed by atoms with Crippen LogP contribution in [0.15, 0.2) is 40.1 Å². The van der Waals surface area contributed by atoms with Crippen LogP contribution in [0.2, 0.25) is 0 Å². The van der Waals surface area contributed by atoms with Gasteiger partial charge in [0.25, 0.3) is 0 Å². The standard InChI is InChI=1S/C17H23N5O3S3/c1-6-9-18-16-20-21-17(27-16)26-12(3)15(23)19-14-10-13(8-7-11(14)2)28(24,25)22(4)5/h6-8,10,12H,1,9H2,2-5H3,(H,18,20)(H,19,23). The van der Waals surface area contributed by atoms with Crippen LogP contribution in [0.25, 0.3) is 0 Å². The Kier molecular flexibility index (Phi) is 7.58. The molecule has 0 spiro atoms. The maximum absolute atomic E-state index is 12.6. The molecule has 0 radical (unpaired) electrons. The summed E-state index contributed by atoms with van der Waals surface area (Å²) in [6.07, 6.45) is 1.72. The molecule has 11 heteroatoms. The Morgan fingerprint density at radius 2 is 2.11 bits per heavy atom. The monoisotopic (exact) mass is 441 g/mol. The third-order valence-electron chi connectivity index (χ3n) is 3.70. The van der Waals surface area contributed by atoms with E-state index < -0.39 is 15.3 Å². The number of carbonyl (C=O) groups excluding carboxylic acids is 1. The van der Waals surface area contributed by atoms with Crippen molar-refractivity contribution in [3.8, 4) is 0 Å². The summed E-state index contributed by atoms with van der Waals surface area (Å²) in [7, 11) is -0.650. The molecule has 1 unspecified atom stereocenters. The third-order valence-corrected chi connectivity index (χ3v) is 7.57. The van der Waals surface area contributed by atoms with Crippen LogP contribution in [0.1, 0.15) is 12.5 Å². The number of hydrogen-bond donors (Lipinski definition) is 2. The first kappa shape index (κ1) is 22.3.